The van der Waals surface area contributed by atoms with Crippen LogP contribution in [0.1, 0.15) is 37.6 Å². The molecule has 0 N–H and O–H groups in total. The minimum Gasteiger partial charge on any atom is -0.219 e. The van der Waals surface area contributed by atoms with E-state index in [0.717, 1.165) is 31.2 Å². The van der Waals surface area contributed by atoms with Crippen LogP contribution < -0.4 is 0 Å². The number of rotatable bonds is 2. The monoisotopic (exact) mass is 227 g/mol. The summed E-state index contributed by atoms with van der Waals surface area (Å²) in [6.07, 6.45) is 7.47. The van der Waals surface area contributed by atoms with E-state index in [1.807, 2.05) is 12.4 Å². The Morgan fingerprint density at radius 2 is 2.35 bits per heavy atom. The van der Waals surface area contributed by atoms with Gasteiger partial charge in [-0.1, -0.05) is 6.92 Å². The predicted molar refractivity (Wildman–Crippen MR) is 61.3 cm³/mol. The minimum absolute atomic E-state index is 0.458. The Balaban J connectivity index is 2.11. The Labute approximate surface area is 99.1 Å². The fourth-order valence-corrected chi connectivity index (χ4v) is 2.12. The van der Waals surface area contributed by atoms with E-state index in [4.69, 9.17) is 0 Å². The molecule has 0 atom stereocenters. The average Bonchev–Trinajstić information content (AvgIpc) is 2.70. The first-order valence-electron chi connectivity index (χ1n) is 5.90. The first kappa shape index (κ1) is 10.2. The molecule has 0 saturated heterocycles. The number of aromatic nitrogens is 4. The van der Waals surface area contributed by atoms with Crippen molar-refractivity contribution in [3.63, 3.8) is 0 Å². The van der Waals surface area contributed by atoms with Gasteiger partial charge in [0.15, 0.2) is 5.82 Å². The molecule has 0 radical (unpaired) electrons. The summed E-state index contributed by atoms with van der Waals surface area (Å²) < 4.78 is 1.69. The summed E-state index contributed by atoms with van der Waals surface area (Å²) in [7, 11) is 0. The van der Waals surface area contributed by atoms with Gasteiger partial charge in [0.2, 0.25) is 0 Å². The highest BCUT2D eigenvalue weighted by Crippen LogP contribution is 2.41. The zero-order valence-electron chi connectivity index (χ0n) is 9.72. The molecule has 17 heavy (non-hydrogen) atoms. The van der Waals surface area contributed by atoms with Crippen LogP contribution in [0, 0.1) is 11.3 Å². The Bertz CT molecular complexity index is 603. The molecule has 0 aromatic carbocycles. The van der Waals surface area contributed by atoms with Crippen molar-refractivity contribution < 1.29 is 0 Å². The van der Waals surface area contributed by atoms with E-state index in [0.29, 0.717) is 11.6 Å². The summed E-state index contributed by atoms with van der Waals surface area (Å²) in [5.41, 5.74) is 0.661. The highest BCUT2D eigenvalue weighted by molar-refractivity contribution is 5.33. The van der Waals surface area contributed by atoms with Crippen molar-refractivity contribution in [1.82, 2.24) is 19.6 Å². The molecule has 0 unspecified atom stereocenters. The molecular weight excluding hydrogens is 214 g/mol. The Kier molecular flexibility index (Phi) is 2.11. The number of nitrogens with zero attached hydrogens (tertiary/aromatic N) is 5. The van der Waals surface area contributed by atoms with Gasteiger partial charge < -0.3 is 0 Å². The van der Waals surface area contributed by atoms with Crippen LogP contribution in [0.25, 0.3) is 5.78 Å². The minimum atomic E-state index is -0.458. The summed E-state index contributed by atoms with van der Waals surface area (Å²) in [5, 5.41) is 13.7. The lowest BCUT2D eigenvalue weighted by Crippen LogP contribution is -2.33. The molecule has 5 nitrogen and oxygen atoms in total. The van der Waals surface area contributed by atoms with Crippen molar-refractivity contribution in [2.24, 2.45) is 0 Å². The van der Waals surface area contributed by atoms with Crippen molar-refractivity contribution in [3.05, 3.63) is 23.8 Å². The fourth-order valence-electron chi connectivity index (χ4n) is 2.12. The molecule has 2 aromatic heterocycles. The second-order valence-electron chi connectivity index (χ2n) is 4.54. The standard InChI is InChI=1S/C12H13N5/c1-2-9-6-14-11-15-10(16-17(11)7-9)12(8-13)4-3-5-12/h6-7H,2-5H2,1H3. The molecule has 2 heterocycles. The zero-order valence-corrected chi connectivity index (χ0v) is 9.72. The van der Waals surface area contributed by atoms with Gasteiger partial charge >= 0.3 is 0 Å². The van der Waals surface area contributed by atoms with Gasteiger partial charge in [0.25, 0.3) is 5.78 Å². The topological polar surface area (TPSA) is 66.9 Å². The molecule has 0 bridgehead atoms. The summed E-state index contributed by atoms with van der Waals surface area (Å²) in [4.78, 5) is 8.63. The van der Waals surface area contributed by atoms with Crippen molar-refractivity contribution in [1.29, 1.82) is 5.26 Å². The van der Waals surface area contributed by atoms with Crippen LogP contribution in [0.2, 0.25) is 0 Å². The number of nitriles is 1. The normalized spacial score (nSPS) is 17.6. The summed E-state index contributed by atoms with van der Waals surface area (Å²) >= 11 is 0. The van der Waals surface area contributed by atoms with Gasteiger partial charge in [-0.25, -0.2) is 9.50 Å². The third-order valence-corrected chi connectivity index (χ3v) is 3.50. The number of aryl methyl sites for hydroxylation is 1. The molecule has 1 fully saturated rings. The summed E-state index contributed by atoms with van der Waals surface area (Å²) in [6.45, 7) is 2.07. The molecular formula is C12H13N5. The zero-order chi connectivity index (χ0) is 11.9. The van der Waals surface area contributed by atoms with E-state index < -0.39 is 5.41 Å². The van der Waals surface area contributed by atoms with E-state index in [1.54, 1.807) is 4.52 Å². The Morgan fingerprint density at radius 1 is 1.53 bits per heavy atom. The molecule has 3 rings (SSSR count). The Hall–Kier alpha value is -1.96. The molecule has 1 aliphatic carbocycles. The van der Waals surface area contributed by atoms with Crippen molar-refractivity contribution in [3.8, 4) is 6.07 Å². The highest BCUT2D eigenvalue weighted by Gasteiger charge is 2.42. The van der Waals surface area contributed by atoms with Gasteiger partial charge in [0.1, 0.15) is 5.41 Å². The molecule has 0 spiro atoms. The lowest BCUT2D eigenvalue weighted by molar-refractivity contribution is 0.307. The van der Waals surface area contributed by atoms with Gasteiger partial charge in [-0.15, -0.1) is 5.10 Å². The van der Waals surface area contributed by atoms with Crippen molar-refractivity contribution in [2.45, 2.75) is 38.0 Å². The van der Waals surface area contributed by atoms with Gasteiger partial charge in [-0.05, 0) is 31.2 Å². The maximum Gasteiger partial charge on any atom is 0.252 e. The second-order valence-corrected chi connectivity index (χ2v) is 4.54. The van der Waals surface area contributed by atoms with Crippen LogP contribution >= 0.6 is 0 Å². The predicted octanol–water partition coefficient (Wildman–Crippen LogP) is 1.63. The van der Waals surface area contributed by atoms with Crippen LogP contribution in [0.5, 0.6) is 0 Å². The number of hydrogen-bond acceptors (Lipinski definition) is 4. The smallest absolute Gasteiger partial charge is 0.219 e. The van der Waals surface area contributed by atoms with Gasteiger partial charge in [-0.3, -0.25) is 0 Å². The SMILES string of the molecule is CCc1cnc2nc(C3(C#N)CCC3)nn2c1. The van der Waals surface area contributed by atoms with Gasteiger partial charge in [0.05, 0.1) is 6.07 Å². The molecule has 5 heteroatoms. The van der Waals surface area contributed by atoms with Crippen molar-refractivity contribution in [2.75, 3.05) is 0 Å². The fraction of sp³-hybridized carbons (Fsp3) is 0.500. The molecule has 2 aromatic rings. The molecule has 0 aliphatic heterocycles. The first-order chi connectivity index (χ1) is 8.27. The highest BCUT2D eigenvalue weighted by atomic mass is 15.3. The van der Waals surface area contributed by atoms with Gasteiger partial charge in [0, 0.05) is 12.4 Å². The number of hydrogen-bond donors (Lipinski definition) is 0. The van der Waals surface area contributed by atoms with E-state index in [9.17, 15) is 5.26 Å². The van der Waals surface area contributed by atoms with Crippen LogP contribution in [0.15, 0.2) is 12.4 Å². The Morgan fingerprint density at radius 3 is 2.94 bits per heavy atom. The summed E-state index contributed by atoms with van der Waals surface area (Å²) in [5.74, 6) is 1.21. The first-order valence-corrected chi connectivity index (χ1v) is 5.90. The summed E-state index contributed by atoms with van der Waals surface area (Å²) in [6, 6.07) is 2.35. The lowest BCUT2D eigenvalue weighted by Gasteiger charge is -2.31. The maximum absolute atomic E-state index is 9.26. The van der Waals surface area contributed by atoms with E-state index in [1.165, 1.54) is 0 Å². The van der Waals surface area contributed by atoms with Crippen molar-refractivity contribution >= 4 is 5.78 Å². The van der Waals surface area contributed by atoms with E-state index in [-0.39, 0.29) is 0 Å². The van der Waals surface area contributed by atoms with Crippen LogP contribution in [-0.2, 0) is 11.8 Å². The van der Waals surface area contributed by atoms with Crippen LogP contribution in [0.3, 0.4) is 0 Å². The largest absolute Gasteiger partial charge is 0.252 e. The van der Waals surface area contributed by atoms with E-state index >= 15 is 0 Å². The third-order valence-electron chi connectivity index (χ3n) is 3.50. The molecule has 1 aliphatic rings. The quantitative estimate of drug-likeness (QED) is 0.782. The molecule has 86 valence electrons. The van der Waals surface area contributed by atoms with Crippen LogP contribution in [0.4, 0.5) is 0 Å². The molecule has 1 saturated carbocycles. The lowest BCUT2D eigenvalue weighted by atomic mass is 9.69. The third kappa shape index (κ3) is 1.41. The second kappa shape index (κ2) is 3.52. The van der Waals surface area contributed by atoms with Crippen LogP contribution in [-0.4, -0.2) is 19.6 Å². The number of fused-ring (bicyclic) bond motifs is 1. The van der Waals surface area contributed by atoms with Gasteiger partial charge in [-0.2, -0.15) is 10.2 Å². The molecule has 0 amide bonds. The average molecular weight is 227 g/mol. The van der Waals surface area contributed by atoms with E-state index in [2.05, 4.69) is 28.1 Å². The maximum atomic E-state index is 9.26.